The van der Waals surface area contributed by atoms with Gasteiger partial charge < -0.3 is 15.7 Å². The molecule has 1 amide bonds. The highest BCUT2D eigenvalue weighted by atomic mass is 16.4. The molecule has 0 bridgehead atoms. The summed E-state index contributed by atoms with van der Waals surface area (Å²) in [6.07, 6.45) is 3.20. The van der Waals surface area contributed by atoms with E-state index in [2.05, 4.69) is 10.6 Å². The highest BCUT2D eigenvalue weighted by Gasteiger charge is 2.31. The minimum Gasteiger partial charge on any atom is -0.480 e. The fraction of sp³-hybridized carbons (Fsp3) is 0.833. The summed E-state index contributed by atoms with van der Waals surface area (Å²) >= 11 is 0. The van der Waals surface area contributed by atoms with Crippen LogP contribution in [0.1, 0.15) is 39.5 Å². The molecule has 1 aliphatic rings. The number of aliphatic carboxylic acids is 1. The molecule has 3 atom stereocenters. The van der Waals surface area contributed by atoms with Crippen molar-refractivity contribution in [2.75, 3.05) is 6.54 Å². The zero-order valence-corrected chi connectivity index (χ0v) is 10.5. The van der Waals surface area contributed by atoms with Crippen LogP contribution in [0.25, 0.3) is 0 Å². The van der Waals surface area contributed by atoms with Crippen molar-refractivity contribution in [3.05, 3.63) is 0 Å². The van der Waals surface area contributed by atoms with E-state index >= 15 is 0 Å². The molecule has 1 aliphatic heterocycles. The lowest BCUT2D eigenvalue weighted by molar-refractivity contribution is -0.142. The normalized spacial score (nSPS) is 25.5. The summed E-state index contributed by atoms with van der Waals surface area (Å²) in [7, 11) is 0. The zero-order chi connectivity index (χ0) is 12.8. The molecule has 0 aromatic rings. The van der Waals surface area contributed by atoms with Crippen LogP contribution in [0.5, 0.6) is 0 Å². The highest BCUT2D eigenvalue weighted by Crippen LogP contribution is 2.14. The summed E-state index contributed by atoms with van der Waals surface area (Å²) in [6.45, 7) is 4.83. The molecule has 1 saturated heterocycles. The molecular formula is C12H22N2O3. The van der Waals surface area contributed by atoms with Crippen LogP contribution in [0.3, 0.4) is 0 Å². The molecule has 98 valence electrons. The third kappa shape index (κ3) is 4.00. The summed E-state index contributed by atoms with van der Waals surface area (Å²) in [5.74, 6) is -0.855. The molecule has 0 aliphatic carbocycles. The van der Waals surface area contributed by atoms with E-state index in [0.717, 1.165) is 25.8 Å². The Bertz CT molecular complexity index is 281. The van der Waals surface area contributed by atoms with Gasteiger partial charge in [0.05, 0.1) is 6.04 Å². The minimum atomic E-state index is -0.947. The zero-order valence-electron chi connectivity index (χ0n) is 10.5. The average Bonchev–Trinajstić information content (AvgIpc) is 2.70. The molecule has 0 aromatic carbocycles. The number of carbonyl (C=O) groups excluding carboxylic acids is 1. The van der Waals surface area contributed by atoms with Gasteiger partial charge in [-0.2, -0.15) is 0 Å². The van der Waals surface area contributed by atoms with Gasteiger partial charge in [0, 0.05) is 0 Å². The van der Waals surface area contributed by atoms with Gasteiger partial charge in [0.2, 0.25) is 5.91 Å². The van der Waals surface area contributed by atoms with Crippen LogP contribution in [0, 0.1) is 5.92 Å². The lowest BCUT2D eigenvalue weighted by Crippen LogP contribution is -2.49. The van der Waals surface area contributed by atoms with Crippen LogP contribution >= 0.6 is 0 Å². The Kier molecular flexibility index (Phi) is 5.41. The molecule has 0 spiro atoms. The van der Waals surface area contributed by atoms with Crippen molar-refractivity contribution in [2.45, 2.75) is 51.6 Å². The lowest BCUT2D eigenvalue weighted by Gasteiger charge is -2.19. The number of nitrogens with one attached hydrogen (secondary N) is 2. The quantitative estimate of drug-likeness (QED) is 0.642. The van der Waals surface area contributed by atoms with Gasteiger partial charge in [0.1, 0.15) is 6.04 Å². The Morgan fingerprint density at radius 2 is 2.24 bits per heavy atom. The molecule has 5 nitrogen and oxygen atoms in total. The molecule has 3 unspecified atom stereocenters. The largest absolute Gasteiger partial charge is 0.480 e. The Morgan fingerprint density at radius 3 is 2.71 bits per heavy atom. The number of amides is 1. The van der Waals surface area contributed by atoms with E-state index in [-0.39, 0.29) is 17.9 Å². The molecule has 0 radical (unpaired) electrons. The second kappa shape index (κ2) is 6.59. The number of hydrogen-bond acceptors (Lipinski definition) is 3. The van der Waals surface area contributed by atoms with Gasteiger partial charge in [-0.3, -0.25) is 4.79 Å². The molecule has 1 fully saturated rings. The summed E-state index contributed by atoms with van der Waals surface area (Å²) in [5.41, 5.74) is 0. The van der Waals surface area contributed by atoms with Gasteiger partial charge in [0.15, 0.2) is 0 Å². The topological polar surface area (TPSA) is 78.4 Å². The number of carboxylic acids is 1. The van der Waals surface area contributed by atoms with Crippen LogP contribution in [-0.4, -0.2) is 35.6 Å². The van der Waals surface area contributed by atoms with E-state index in [9.17, 15) is 9.59 Å². The standard InChI is InChI=1S/C12H22N2O3/c1-3-4-5-9(12(16)17)14-11(15)10-8(2)6-7-13-10/h8-10,13H,3-7H2,1-2H3,(H,14,15)(H,16,17). The third-order valence-corrected chi connectivity index (χ3v) is 3.28. The number of carboxylic acid groups (broad SMARTS) is 1. The monoisotopic (exact) mass is 242 g/mol. The molecule has 5 heteroatoms. The van der Waals surface area contributed by atoms with Gasteiger partial charge >= 0.3 is 5.97 Å². The summed E-state index contributed by atoms with van der Waals surface area (Å²) < 4.78 is 0. The van der Waals surface area contributed by atoms with E-state index in [0.29, 0.717) is 6.42 Å². The first-order valence-electron chi connectivity index (χ1n) is 6.32. The predicted molar refractivity (Wildman–Crippen MR) is 64.7 cm³/mol. The first-order chi connectivity index (χ1) is 8.06. The fourth-order valence-electron chi connectivity index (χ4n) is 2.11. The van der Waals surface area contributed by atoms with Crippen LogP contribution < -0.4 is 10.6 Å². The summed E-state index contributed by atoms with van der Waals surface area (Å²) in [5, 5.41) is 14.7. The van der Waals surface area contributed by atoms with Gasteiger partial charge in [-0.25, -0.2) is 4.79 Å². The van der Waals surface area contributed by atoms with Gasteiger partial charge in [-0.15, -0.1) is 0 Å². The van der Waals surface area contributed by atoms with E-state index in [1.165, 1.54) is 0 Å². The second-order valence-corrected chi connectivity index (χ2v) is 4.74. The van der Waals surface area contributed by atoms with E-state index in [1.54, 1.807) is 0 Å². The third-order valence-electron chi connectivity index (χ3n) is 3.28. The van der Waals surface area contributed by atoms with Crippen molar-refractivity contribution in [3.63, 3.8) is 0 Å². The van der Waals surface area contributed by atoms with Crippen LogP contribution in [-0.2, 0) is 9.59 Å². The van der Waals surface area contributed by atoms with E-state index < -0.39 is 12.0 Å². The molecule has 0 aromatic heterocycles. The van der Waals surface area contributed by atoms with Crippen molar-refractivity contribution in [2.24, 2.45) is 5.92 Å². The molecule has 3 N–H and O–H groups in total. The molecular weight excluding hydrogens is 220 g/mol. The summed E-state index contributed by atoms with van der Waals surface area (Å²) in [4.78, 5) is 22.9. The molecule has 0 saturated carbocycles. The Balaban J connectivity index is 2.48. The minimum absolute atomic E-state index is 0.182. The van der Waals surface area contributed by atoms with E-state index in [1.807, 2.05) is 13.8 Å². The second-order valence-electron chi connectivity index (χ2n) is 4.74. The summed E-state index contributed by atoms with van der Waals surface area (Å²) in [6, 6.07) is -0.990. The van der Waals surface area contributed by atoms with Crippen molar-refractivity contribution in [1.82, 2.24) is 10.6 Å². The number of hydrogen-bond donors (Lipinski definition) is 3. The Morgan fingerprint density at radius 1 is 1.53 bits per heavy atom. The van der Waals surface area contributed by atoms with Crippen LogP contribution in [0.15, 0.2) is 0 Å². The van der Waals surface area contributed by atoms with Gasteiger partial charge in [0.25, 0.3) is 0 Å². The smallest absolute Gasteiger partial charge is 0.326 e. The van der Waals surface area contributed by atoms with Crippen LogP contribution in [0.4, 0.5) is 0 Å². The van der Waals surface area contributed by atoms with Crippen molar-refractivity contribution >= 4 is 11.9 Å². The Hall–Kier alpha value is -1.10. The maximum atomic E-state index is 11.9. The lowest BCUT2D eigenvalue weighted by atomic mass is 10.0. The highest BCUT2D eigenvalue weighted by molar-refractivity contribution is 5.87. The van der Waals surface area contributed by atoms with E-state index in [4.69, 9.17) is 5.11 Å². The van der Waals surface area contributed by atoms with Gasteiger partial charge in [-0.1, -0.05) is 26.7 Å². The number of unbranched alkanes of at least 4 members (excludes halogenated alkanes) is 1. The number of rotatable bonds is 6. The molecule has 1 heterocycles. The molecule has 1 rings (SSSR count). The SMILES string of the molecule is CCCCC(NC(=O)C1NCCC1C)C(=O)O. The van der Waals surface area contributed by atoms with Crippen LogP contribution in [0.2, 0.25) is 0 Å². The maximum Gasteiger partial charge on any atom is 0.326 e. The maximum absolute atomic E-state index is 11.9. The predicted octanol–water partition coefficient (Wildman–Crippen LogP) is 0.744. The van der Waals surface area contributed by atoms with Gasteiger partial charge in [-0.05, 0) is 25.3 Å². The molecule has 17 heavy (non-hydrogen) atoms. The Labute approximate surface area is 102 Å². The fourth-order valence-corrected chi connectivity index (χ4v) is 2.11. The first kappa shape index (κ1) is 14.0. The average molecular weight is 242 g/mol. The first-order valence-corrected chi connectivity index (χ1v) is 6.32. The van der Waals surface area contributed by atoms with Crippen molar-refractivity contribution in [1.29, 1.82) is 0 Å². The van der Waals surface area contributed by atoms with Crippen molar-refractivity contribution < 1.29 is 14.7 Å². The number of carbonyl (C=O) groups is 2. The van der Waals surface area contributed by atoms with Crippen molar-refractivity contribution in [3.8, 4) is 0 Å².